The van der Waals surface area contributed by atoms with Gasteiger partial charge in [-0.1, -0.05) is 18.8 Å². The summed E-state index contributed by atoms with van der Waals surface area (Å²) in [6.07, 6.45) is 0.833. The van der Waals surface area contributed by atoms with Gasteiger partial charge in [-0.15, -0.1) is 0 Å². The highest BCUT2D eigenvalue weighted by Gasteiger charge is 1.73. The Morgan fingerprint density at radius 3 is 2.22 bits per heavy atom. The number of hydrogen-bond donors (Lipinski definition) is 1. The molecule has 0 fully saturated rings. The van der Waals surface area contributed by atoms with Crippen LogP contribution in [0.3, 0.4) is 0 Å². The SMILES string of the molecule is C=CC(=O)O.C[CH2][Al][Cl]. The molecule has 0 heterocycles. The standard InChI is InChI=1S/C3H4O2.C2H5.Al.ClH/c1-2-3(4)5;1-2;;/h2H,1H2,(H,4,5);1H2,2H3;;1H/q;;+1;/p-1. The summed E-state index contributed by atoms with van der Waals surface area (Å²) in [7, 11) is 5.27. The number of carboxylic acids is 1. The Balaban J connectivity index is 0. The predicted molar refractivity (Wildman–Crippen MR) is 39.9 cm³/mol. The van der Waals surface area contributed by atoms with E-state index in [1.165, 1.54) is 5.28 Å². The van der Waals surface area contributed by atoms with Gasteiger partial charge in [-0.2, -0.15) is 0 Å². The molecule has 9 heavy (non-hydrogen) atoms. The molecule has 0 aromatic rings. The highest BCUT2D eigenvalue weighted by Crippen LogP contribution is 1.73. The molecule has 1 N–H and O–H groups in total. The zero-order valence-electron chi connectivity index (χ0n) is 5.30. The Morgan fingerprint density at radius 2 is 2.22 bits per heavy atom. The summed E-state index contributed by atoms with van der Waals surface area (Å²) in [5, 5.41) is 8.77. The second-order valence-electron chi connectivity index (χ2n) is 1.10. The van der Waals surface area contributed by atoms with E-state index in [2.05, 4.69) is 13.5 Å². The number of aliphatic carboxylic acids is 1. The molecular formula is C5H9AlClO2. The third-order valence-electron chi connectivity index (χ3n) is 0.329. The summed E-state index contributed by atoms with van der Waals surface area (Å²) in [6.45, 7) is 5.05. The number of hydrogen-bond acceptors (Lipinski definition) is 1. The van der Waals surface area contributed by atoms with Crippen molar-refractivity contribution in [1.29, 1.82) is 0 Å². The van der Waals surface area contributed by atoms with Crippen LogP contribution < -0.4 is 0 Å². The van der Waals surface area contributed by atoms with Gasteiger partial charge in [-0.05, 0) is 0 Å². The van der Waals surface area contributed by atoms with Gasteiger partial charge in [-0.25, -0.2) is 4.79 Å². The van der Waals surface area contributed by atoms with E-state index in [4.69, 9.17) is 15.2 Å². The van der Waals surface area contributed by atoms with E-state index in [9.17, 15) is 4.79 Å². The van der Waals surface area contributed by atoms with Gasteiger partial charge >= 0.3 is 20.3 Å². The van der Waals surface area contributed by atoms with Crippen LogP contribution in [0, 0.1) is 0 Å². The number of carbonyl (C=O) groups is 1. The van der Waals surface area contributed by atoms with Gasteiger partial charge in [0.2, 0.25) is 0 Å². The van der Waals surface area contributed by atoms with Crippen molar-refractivity contribution in [3.8, 4) is 0 Å². The van der Waals surface area contributed by atoms with E-state index in [0.29, 0.717) is 0 Å². The molecule has 0 aliphatic rings. The minimum absolute atomic E-state index is 0.255. The predicted octanol–water partition coefficient (Wildman–Crippen LogP) is 1.54. The number of rotatable bonds is 2. The van der Waals surface area contributed by atoms with Crippen molar-refractivity contribution in [3.05, 3.63) is 12.7 Å². The van der Waals surface area contributed by atoms with E-state index >= 15 is 0 Å². The van der Waals surface area contributed by atoms with Crippen molar-refractivity contribution < 1.29 is 9.90 Å². The molecule has 0 saturated carbocycles. The summed E-state index contributed by atoms with van der Waals surface area (Å²) >= 11 is 0.255. The molecular weight excluding hydrogens is 154 g/mol. The van der Waals surface area contributed by atoms with Crippen LogP contribution in [0.4, 0.5) is 0 Å². The largest absolute Gasteiger partial charge is 0.478 e. The normalized spacial score (nSPS) is 6.44. The van der Waals surface area contributed by atoms with Gasteiger partial charge in [0.25, 0.3) is 0 Å². The first kappa shape index (κ1) is 11.8. The molecule has 0 spiro atoms. The van der Waals surface area contributed by atoms with E-state index in [-0.39, 0.29) is 14.3 Å². The van der Waals surface area contributed by atoms with E-state index in [0.717, 1.165) is 6.08 Å². The molecule has 0 atom stereocenters. The molecule has 1 radical (unpaired) electrons. The minimum Gasteiger partial charge on any atom is -0.478 e. The van der Waals surface area contributed by atoms with Crippen LogP contribution in [0.2, 0.25) is 5.28 Å². The molecule has 0 saturated heterocycles. The fourth-order valence-electron chi connectivity index (χ4n) is 0. The maximum atomic E-state index is 9.25. The van der Waals surface area contributed by atoms with Crippen molar-refractivity contribution >= 4 is 30.3 Å². The van der Waals surface area contributed by atoms with Crippen LogP contribution in [0.5, 0.6) is 0 Å². The Bertz CT molecular complexity index is 83.0. The van der Waals surface area contributed by atoms with Gasteiger partial charge in [0.05, 0.1) is 0 Å². The molecule has 2 nitrogen and oxygen atoms in total. The second-order valence-corrected chi connectivity index (χ2v) is 3.16. The zero-order chi connectivity index (χ0) is 7.70. The fourth-order valence-corrected chi connectivity index (χ4v) is 0. The van der Waals surface area contributed by atoms with Gasteiger partial charge in [0.1, 0.15) is 0 Å². The molecule has 0 bridgehead atoms. The first-order chi connectivity index (χ1) is 4.18. The Kier molecular flexibility index (Phi) is 14.3. The quantitative estimate of drug-likeness (QED) is 0.495. The number of halogens is 1. The van der Waals surface area contributed by atoms with Gasteiger partial charge in [0, 0.05) is 6.08 Å². The average Bonchev–Trinajstić information content (AvgIpc) is 1.89. The van der Waals surface area contributed by atoms with Crippen LogP contribution in [-0.2, 0) is 4.79 Å². The first-order valence-corrected chi connectivity index (χ1v) is 5.02. The molecule has 51 valence electrons. The maximum Gasteiger partial charge on any atom is 0.355 e. The Labute approximate surface area is 65.4 Å². The molecule has 4 heteroatoms. The summed E-state index contributed by atoms with van der Waals surface area (Å²) in [4.78, 5) is 9.25. The Morgan fingerprint density at radius 1 is 2.00 bits per heavy atom. The summed E-state index contributed by atoms with van der Waals surface area (Å²) in [5.74, 6) is -0.981. The Hall–Kier alpha value is 0.0325. The van der Waals surface area contributed by atoms with Gasteiger partial charge in [0.15, 0.2) is 0 Å². The molecule has 0 aliphatic heterocycles. The van der Waals surface area contributed by atoms with E-state index < -0.39 is 5.97 Å². The summed E-state index contributed by atoms with van der Waals surface area (Å²) < 4.78 is 0. The molecule has 0 rings (SSSR count). The van der Waals surface area contributed by atoms with Crippen molar-refractivity contribution in [2.24, 2.45) is 0 Å². The monoisotopic (exact) mass is 163 g/mol. The highest BCUT2D eigenvalue weighted by molar-refractivity contribution is 6.93. The van der Waals surface area contributed by atoms with Gasteiger partial charge < -0.3 is 5.11 Å². The molecule has 0 aromatic heterocycles. The van der Waals surface area contributed by atoms with Crippen molar-refractivity contribution in [2.45, 2.75) is 12.2 Å². The zero-order valence-corrected chi connectivity index (χ0v) is 7.21. The minimum atomic E-state index is -0.981. The van der Waals surface area contributed by atoms with Crippen LogP contribution in [-0.4, -0.2) is 25.4 Å². The fraction of sp³-hybridized carbons (Fsp3) is 0.400. The van der Waals surface area contributed by atoms with Crippen molar-refractivity contribution in [3.63, 3.8) is 0 Å². The third-order valence-corrected chi connectivity index (χ3v) is 1.56. The third kappa shape index (κ3) is 31.8. The van der Waals surface area contributed by atoms with Crippen molar-refractivity contribution in [2.75, 3.05) is 0 Å². The summed E-state index contributed by atoms with van der Waals surface area (Å²) in [6, 6.07) is 0. The average molecular weight is 164 g/mol. The molecule has 0 aliphatic carbocycles. The topological polar surface area (TPSA) is 37.3 Å². The van der Waals surface area contributed by atoms with Gasteiger partial charge in [-0.3, -0.25) is 10.0 Å². The lowest BCUT2D eigenvalue weighted by molar-refractivity contribution is -0.131. The van der Waals surface area contributed by atoms with Crippen LogP contribution >= 0.6 is 10.0 Å². The van der Waals surface area contributed by atoms with E-state index in [1.54, 1.807) is 0 Å². The first-order valence-electron chi connectivity index (χ1n) is 2.46. The lowest BCUT2D eigenvalue weighted by Gasteiger charge is -1.64. The van der Waals surface area contributed by atoms with Crippen molar-refractivity contribution in [1.82, 2.24) is 0 Å². The lowest BCUT2D eigenvalue weighted by Crippen LogP contribution is -1.82. The smallest absolute Gasteiger partial charge is 0.355 e. The lowest BCUT2D eigenvalue weighted by atomic mass is 10.7. The molecule has 0 aromatic carbocycles. The maximum absolute atomic E-state index is 9.25. The molecule has 0 unspecified atom stereocenters. The second kappa shape index (κ2) is 10.9. The van der Waals surface area contributed by atoms with E-state index in [1.807, 2.05) is 0 Å². The summed E-state index contributed by atoms with van der Waals surface area (Å²) in [5.41, 5.74) is 0. The number of carboxylic acid groups (broad SMARTS) is 1. The molecule has 0 amide bonds. The van der Waals surface area contributed by atoms with Crippen LogP contribution in [0.25, 0.3) is 0 Å². The van der Waals surface area contributed by atoms with Crippen LogP contribution in [0.1, 0.15) is 6.92 Å². The highest BCUT2D eigenvalue weighted by atomic mass is 35.6. The van der Waals surface area contributed by atoms with Crippen LogP contribution in [0.15, 0.2) is 12.7 Å².